The molecule has 0 aromatic heterocycles. The van der Waals surface area contributed by atoms with E-state index >= 15 is 0 Å². The highest BCUT2D eigenvalue weighted by molar-refractivity contribution is 7.99. The molecule has 2 aromatic rings. The van der Waals surface area contributed by atoms with Crippen molar-refractivity contribution in [2.24, 2.45) is 5.92 Å². The zero-order chi connectivity index (χ0) is 21.5. The van der Waals surface area contributed by atoms with E-state index in [9.17, 15) is 9.59 Å². The van der Waals surface area contributed by atoms with Crippen LogP contribution in [0.25, 0.3) is 0 Å². The third-order valence-electron chi connectivity index (χ3n) is 5.39. The molecule has 2 N–H and O–H groups in total. The van der Waals surface area contributed by atoms with Crippen LogP contribution in [0.4, 0.5) is 5.69 Å². The van der Waals surface area contributed by atoms with Crippen LogP contribution in [0.3, 0.4) is 0 Å². The molecule has 160 valence electrons. The molecule has 0 atom stereocenters. The zero-order valence-corrected chi connectivity index (χ0v) is 19.1. The van der Waals surface area contributed by atoms with Gasteiger partial charge in [-0.05, 0) is 80.5 Å². The van der Waals surface area contributed by atoms with Crippen LogP contribution >= 0.6 is 23.4 Å². The van der Waals surface area contributed by atoms with Crippen LogP contribution in [-0.4, -0.2) is 17.9 Å². The number of amides is 2. The van der Waals surface area contributed by atoms with Crippen LogP contribution < -0.4 is 10.6 Å². The lowest BCUT2D eigenvalue weighted by Crippen LogP contribution is -2.37. The number of hydrogen-bond acceptors (Lipinski definition) is 3. The summed E-state index contributed by atoms with van der Waals surface area (Å²) < 4.78 is 0. The monoisotopic (exact) mass is 444 g/mol. The fourth-order valence-corrected chi connectivity index (χ4v) is 4.61. The first-order valence-electron chi connectivity index (χ1n) is 10.6. The van der Waals surface area contributed by atoms with E-state index in [0.29, 0.717) is 22.7 Å². The molecule has 0 bridgehead atoms. The minimum atomic E-state index is -0.0800. The average molecular weight is 445 g/mol. The summed E-state index contributed by atoms with van der Waals surface area (Å²) in [6.45, 7) is 4.23. The number of carbonyl (C=O) groups excluding carboxylic acids is 2. The predicted octanol–water partition coefficient (Wildman–Crippen LogP) is 6.54. The molecule has 0 heterocycles. The first-order valence-corrected chi connectivity index (χ1v) is 11.8. The first kappa shape index (κ1) is 22.7. The van der Waals surface area contributed by atoms with Gasteiger partial charge in [0.1, 0.15) is 0 Å². The number of benzene rings is 2. The van der Waals surface area contributed by atoms with E-state index in [1.807, 2.05) is 43.3 Å². The van der Waals surface area contributed by atoms with Gasteiger partial charge in [0.15, 0.2) is 0 Å². The number of nitrogens with one attached hydrogen (secondary N) is 2. The molecule has 0 spiro atoms. The molecule has 4 nitrogen and oxygen atoms in total. The van der Waals surface area contributed by atoms with E-state index in [0.717, 1.165) is 47.8 Å². The normalized spacial score (nSPS) is 18.6. The van der Waals surface area contributed by atoms with Gasteiger partial charge in [-0.3, -0.25) is 9.59 Å². The third-order valence-corrected chi connectivity index (χ3v) is 6.72. The van der Waals surface area contributed by atoms with Gasteiger partial charge < -0.3 is 10.6 Å². The Morgan fingerprint density at radius 1 is 1.07 bits per heavy atom. The second-order valence-corrected chi connectivity index (χ2v) is 9.55. The molecule has 1 aliphatic carbocycles. The molecule has 0 unspecified atom stereocenters. The standard InChI is InChI=1S/C24H29ClN2O2S/c1-3-4-23(28)27-21-15-17(24(29)26-19-10-5-16(2)6-11-19)7-14-22(21)30-20-12-8-18(25)9-13-20/h7-9,12-16,19H,3-6,10-11H2,1-2H3,(H,26,29)(H,27,28). The van der Waals surface area contributed by atoms with Gasteiger partial charge in [-0.1, -0.05) is 37.2 Å². The minimum absolute atomic E-state index is 0.0470. The summed E-state index contributed by atoms with van der Waals surface area (Å²) in [7, 11) is 0. The Kier molecular flexibility index (Phi) is 8.23. The molecule has 1 aliphatic rings. The largest absolute Gasteiger partial charge is 0.349 e. The maximum Gasteiger partial charge on any atom is 0.251 e. The van der Waals surface area contributed by atoms with E-state index in [1.165, 1.54) is 11.8 Å². The molecule has 6 heteroatoms. The fraction of sp³-hybridized carbons (Fsp3) is 0.417. The quantitative estimate of drug-likeness (QED) is 0.509. The van der Waals surface area contributed by atoms with Crippen LogP contribution in [0.2, 0.25) is 5.02 Å². The van der Waals surface area contributed by atoms with E-state index in [4.69, 9.17) is 11.6 Å². The maximum atomic E-state index is 12.8. The van der Waals surface area contributed by atoms with E-state index < -0.39 is 0 Å². The second kappa shape index (κ2) is 10.9. The third kappa shape index (κ3) is 6.51. The number of carbonyl (C=O) groups is 2. The number of hydrogen-bond donors (Lipinski definition) is 2. The van der Waals surface area contributed by atoms with Gasteiger partial charge >= 0.3 is 0 Å². The Hall–Kier alpha value is -1.98. The molecule has 1 fully saturated rings. The molecule has 2 amide bonds. The van der Waals surface area contributed by atoms with E-state index in [2.05, 4.69) is 17.6 Å². The molecule has 0 aliphatic heterocycles. The van der Waals surface area contributed by atoms with Crippen molar-refractivity contribution in [2.45, 2.75) is 68.2 Å². The van der Waals surface area contributed by atoms with Crippen LogP contribution in [0.1, 0.15) is 62.7 Å². The number of halogens is 1. The lowest BCUT2D eigenvalue weighted by molar-refractivity contribution is -0.116. The molecular formula is C24H29ClN2O2S. The molecular weight excluding hydrogens is 416 g/mol. The van der Waals surface area contributed by atoms with Crippen molar-refractivity contribution in [1.29, 1.82) is 0 Å². The molecule has 1 saturated carbocycles. The lowest BCUT2D eigenvalue weighted by Gasteiger charge is -2.27. The van der Waals surface area contributed by atoms with Crippen LogP contribution in [0.5, 0.6) is 0 Å². The molecule has 2 aromatic carbocycles. The minimum Gasteiger partial charge on any atom is -0.349 e. The molecule has 0 radical (unpaired) electrons. The highest BCUT2D eigenvalue weighted by Gasteiger charge is 2.21. The smallest absolute Gasteiger partial charge is 0.251 e. The van der Waals surface area contributed by atoms with Crippen LogP contribution in [0.15, 0.2) is 52.3 Å². The highest BCUT2D eigenvalue weighted by atomic mass is 35.5. The summed E-state index contributed by atoms with van der Waals surface area (Å²) in [6.07, 6.45) is 5.57. The topological polar surface area (TPSA) is 58.2 Å². The highest BCUT2D eigenvalue weighted by Crippen LogP contribution is 2.35. The van der Waals surface area contributed by atoms with E-state index in [-0.39, 0.29) is 17.9 Å². The van der Waals surface area contributed by atoms with Gasteiger partial charge in [-0.2, -0.15) is 0 Å². The van der Waals surface area contributed by atoms with Crippen molar-refractivity contribution >= 4 is 40.9 Å². The Labute approximate surface area is 188 Å². The average Bonchev–Trinajstić information content (AvgIpc) is 2.72. The van der Waals surface area contributed by atoms with Crippen molar-refractivity contribution in [3.05, 3.63) is 53.1 Å². The molecule has 30 heavy (non-hydrogen) atoms. The van der Waals surface area contributed by atoms with Crippen molar-refractivity contribution in [2.75, 3.05) is 5.32 Å². The number of rotatable bonds is 7. The van der Waals surface area contributed by atoms with Gasteiger partial charge in [0.2, 0.25) is 5.91 Å². The van der Waals surface area contributed by atoms with Gasteiger partial charge in [-0.25, -0.2) is 0 Å². The second-order valence-electron chi connectivity index (χ2n) is 8.00. The Balaban J connectivity index is 1.78. The Bertz CT molecular complexity index is 877. The summed E-state index contributed by atoms with van der Waals surface area (Å²) in [5.74, 6) is 0.612. The molecule has 0 saturated heterocycles. The van der Waals surface area contributed by atoms with Gasteiger partial charge in [0.05, 0.1) is 5.69 Å². The predicted molar refractivity (Wildman–Crippen MR) is 124 cm³/mol. The molecule has 3 rings (SSSR count). The van der Waals surface area contributed by atoms with Crippen molar-refractivity contribution in [3.8, 4) is 0 Å². The fourth-order valence-electron chi connectivity index (χ4n) is 3.60. The summed E-state index contributed by atoms with van der Waals surface area (Å²) in [5, 5.41) is 6.83. The first-order chi connectivity index (χ1) is 14.4. The van der Waals surface area contributed by atoms with Crippen molar-refractivity contribution < 1.29 is 9.59 Å². The van der Waals surface area contributed by atoms with Gasteiger partial charge in [-0.15, -0.1) is 0 Å². The van der Waals surface area contributed by atoms with Gasteiger partial charge in [0.25, 0.3) is 5.91 Å². The number of anilines is 1. The summed E-state index contributed by atoms with van der Waals surface area (Å²) in [6, 6.07) is 13.3. The SMILES string of the molecule is CCCC(=O)Nc1cc(C(=O)NC2CCC(C)CC2)ccc1Sc1ccc(Cl)cc1. The van der Waals surface area contributed by atoms with Crippen molar-refractivity contribution in [3.63, 3.8) is 0 Å². The Morgan fingerprint density at radius 3 is 2.43 bits per heavy atom. The van der Waals surface area contributed by atoms with Gasteiger partial charge in [0, 0.05) is 32.8 Å². The summed E-state index contributed by atoms with van der Waals surface area (Å²) >= 11 is 7.52. The summed E-state index contributed by atoms with van der Waals surface area (Å²) in [4.78, 5) is 27.0. The van der Waals surface area contributed by atoms with Crippen LogP contribution in [0, 0.1) is 5.92 Å². The maximum absolute atomic E-state index is 12.8. The lowest BCUT2D eigenvalue weighted by atomic mass is 9.87. The van der Waals surface area contributed by atoms with Crippen LogP contribution in [-0.2, 0) is 4.79 Å². The van der Waals surface area contributed by atoms with E-state index in [1.54, 1.807) is 6.07 Å². The summed E-state index contributed by atoms with van der Waals surface area (Å²) in [5.41, 5.74) is 1.24. The Morgan fingerprint density at radius 2 is 1.77 bits per heavy atom. The zero-order valence-electron chi connectivity index (χ0n) is 17.5. The van der Waals surface area contributed by atoms with Crippen molar-refractivity contribution in [1.82, 2.24) is 5.32 Å².